The first-order valence-corrected chi connectivity index (χ1v) is 11.7. The summed E-state index contributed by atoms with van der Waals surface area (Å²) in [7, 11) is 4.12. The SMILES string of the molecule is Cc1ccc(SCCC(=O)N(CCCN(C)C)c2nc3ccc(C)cc3s2)cc1. The Morgan fingerprint density at radius 2 is 1.76 bits per heavy atom. The third-order valence-corrected chi connectivity index (χ3v) is 6.71. The minimum atomic E-state index is 0.152. The maximum Gasteiger partial charge on any atom is 0.229 e. The van der Waals surface area contributed by atoms with Crippen molar-refractivity contribution in [3.05, 3.63) is 53.6 Å². The van der Waals surface area contributed by atoms with E-state index in [4.69, 9.17) is 4.98 Å². The Bertz CT molecular complexity index is 950. The Labute approximate surface area is 181 Å². The van der Waals surface area contributed by atoms with E-state index < -0.39 is 0 Å². The lowest BCUT2D eigenvalue weighted by molar-refractivity contribution is -0.118. The van der Waals surface area contributed by atoms with E-state index >= 15 is 0 Å². The third-order valence-electron chi connectivity index (χ3n) is 4.66. The van der Waals surface area contributed by atoms with Crippen molar-refractivity contribution in [1.29, 1.82) is 0 Å². The zero-order valence-electron chi connectivity index (χ0n) is 17.6. The fraction of sp³-hybridized carbons (Fsp3) is 0.391. The summed E-state index contributed by atoms with van der Waals surface area (Å²) in [6.07, 6.45) is 1.44. The Hall–Kier alpha value is -1.89. The van der Waals surface area contributed by atoms with Crippen LogP contribution in [0.3, 0.4) is 0 Å². The molecule has 0 fully saturated rings. The number of fused-ring (bicyclic) bond motifs is 1. The first-order chi connectivity index (χ1) is 13.9. The van der Waals surface area contributed by atoms with Crippen LogP contribution in [0.1, 0.15) is 24.0 Å². The van der Waals surface area contributed by atoms with Crippen molar-refractivity contribution >= 4 is 44.4 Å². The van der Waals surface area contributed by atoms with Crippen molar-refractivity contribution in [3.8, 4) is 0 Å². The average Bonchev–Trinajstić information content (AvgIpc) is 3.09. The molecule has 0 bridgehead atoms. The lowest BCUT2D eigenvalue weighted by Crippen LogP contribution is -2.33. The molecule has 4 nitrogen and oxygen atoms in total. The number of aryl methyl sites for hydroxylation is 2. The number of amides is 1. The van der Waals surface area contributed by atoms with Gasteiger partial charge in [0.05, 0.1) is 10.2 Å². The molecule has 0 unspecified atom stereocenters. The van der Waals surface area contributed by atoms with Gasteiger partial charge >= 0.3 is 0 Å². The van der Waals surface area contributed by atoms with E-state index in [1.807, 2.05) is 11.0 Å². The number of thioether (sulfide) groups is 1. The summed E-state index contributed by atoms with van der Waals surface area (Å²) in [5, 5.41) is 0.815. The highest BCUT2D eigenvalue weighted by molar-refractivity contribution is 7.99. The van der Waals surface area contributed by atoms with Gasteiger partial charge in [0.25, 0.3) is 0 Å². The largest absolute Gasteiger partial charge is 0.309 e. The van der Waals surface area contributed by atoms with Crippen LogP contribution in [0.2, 0.25) is 0 Å². The van der Waals surface area contributed by atoms with Gasteiger partial charge in [0.1, 0.15) is 0 Å². The molecule has 0 N–H and O–H groups in total. The molecule has 0 radical (unpaired) electrons. The summed E-state index contributed by atoms with van der Waals surface area (Å²) in [4.78, 5) is 23.1. The number of thiazole rings is 1. The molecule has 0 aliphatic heterocycles. The van der Waals surface area contributed by atoms with Crippen LogP contribution in [0, 0.1) is 13.8 Å². The summed E-state index contributed by atoms with van der Waals surface area (Å²) in [5.41, 5.74) is 3.44. The molecule has 0 saturated heterocycles. The minimum absolute atomic E-state index is 0.152. The van der Waals surface area contributed by atoms with Crippen molar-refractivity contribution < 1.29 is 4.79 Å². The zero-order valence-corrected chi connectivity index (χ0v) is 19.3. The first-order valence-electron chi connectivity index (χ1n) is 9.94. The summed E-state index contributed by atoms with van der Waals surface area (Å²) in [5.74, 6) is 0.926. The second-order valence-corrected chi connectivity index (χ2v) is 9.76. The summed E-state index contributed by atoms with van der Waals surface area (Å²) in [6.45, 7) is 5.82. The monoisotopic (exact) mass is 427 g/mol. The second-order valence-electron chi connectivity index (χ2n) is 7.58. The summed E-state index contributed by atoms with van der Waals surface area (Å²) >= 11 is 3.34. The zero-order chi connectivity index (χ0) is 20.8. The van der Waals surface area contributed by atoms with E-state index in [1.165, 1.54) is 16.0 Å². The highest BCUT2D eigenvalue weighted by atomic mass is 32.2. The van der Waals surface area contributed by atoms with Crippen LogP contribution in [-0.4, -0.2) is 48.7 Å². The van der Waals surface area contributed by atoms with E-state index in [-0.39, 0.29) is 5.91 Å². The lowest BCUT2D eigenvalue weighted by Gasteiger charge is -2.21. The number of hydrogen-bond donors (Lipinski definition) is 0. The van der Waals surface area contributed by atoms with E-state index in [0.717, 1.165) is 34.1 Å². The molecule has 0 aliphatic rings. The first kappa shape index (κ1) is 21.8. The van der Waals surface area contributed by atoms with Gasteiger partial charge in [-0.05, 0) is 70.7 Å². The number of benzene rings is 2. The van der Waals surface area contributed by atoms with Gasteiger partial charge in [-0.3, -0.25) is 9.69 Å². The number of carbonyl (C=O) groups excluding carboxylic acids is 1. The molecule has 3 aromatic rings. The van der Waals surface area contributed by atoms with Crippen LogP contribution in [0.25, 0.3) is 10.2 Å². The van der Waals surface area contributed by atoms with Crippen LogP contribution in [0.4, 0.5) is 5.13 Å². The molecule has 0 spiro atoms. The van der Waals surface area contributed by atoms with Gasteiger partial charge in [-0.1, -0.05) is 35.1 Å². The van der Waals surface area contributed by atoms with Gasteiger partial charge < -0.3 is 4.90 Å². The standard InChI is InChI=1S/C23H29N3OS2/c1-17-6-9-19(10-7-17)28-15-12-22(27)26(14-5-13-25(3)4)23-24-20-11-8-18(2)16-21(20)29-23/h6-11,16H,5,12-15H2,1-4H3. The molecule has 29 heavy (non-hydrogen) atoms. The van der Waals surface area contributed by atoms with E-state index in [2.05, 4.69) is 69.2 Å². The number of anilines is 1. The van der Waals surface area contributed by atoms with Gasteiger partial charge in [-0.2, -0.15) is 0 Å². The van der Waals surface area contributed by atoms with Gasteiger partial charge in [-0.25, -0.2) is 4.98 Å². The van der Waals surface area contributed by atoms with Crippen molar-refractivity contribution in [2.75, 3.05) is 37.8 Å². The van der Waals surface area contributed by atoms with E-state index in [9.17, 15) is 4.79 Å². The smallest absolute Gasteiger partial charge is 0.229 e. The van der Waals surface area contributed by atoms with Crippen LogP contribution in [0.5, 0.6) is 0 Å². The van der Waals surface area contributed by atoms with Crippen molar-refractivity contribution in [3.63, 3.8) is 0 Å². The Kier molecular flexibility index (Phi) is 7.70. The molecule has 1 aromatic heterocycles. The summed E-state index contributed by atoms with van der Waals surface area (Å²) in [6, 6.07) is 14.7. The number of hydrogen-bond acceptors (Lipinski definition) is 5. The molecule has 0 saturated carbocycles. The highest BCUT2D eigenvalue weighted by Crippen LogP contribution is 2.30. The topological polar surface area (TPSA) is 36.4 Å². The molecule has 6 heteroatoms. The molecular formula is C23H29N3OS2. The molecule has 0 aliphatic carbocycles. The predicted molar refractivity (Wildman–Crippen MR) is 126 cm³/mol. The van der Waals surface area contributed by atoms with Crippen molar-refractivity contribution in [1.82, 2.24) is 9.88 Å². The molecule has 2 aromatic carbocycles. The maximum atomic E-state index is 13.1. The average molecular weight is 428 g/mol. The van der Waals surface area contributed by atoms with E-state index in [0.29, 0.717) is 13.0 Å². The van der Waals surface area contributed by atoms with Crippen LogP contribution in [0.15, 0.2) is 47.4 Å². The fourth-order valence-electron chi connectivity index (χ4n) is 3.03. The van der Waals surface area contributed by atoms with Gasteiger partial charge in [0.15, 0.2) is 5.13 Å². The molecule has 3 rings (SSSR count). The Morgan fingerprint density at radius 1 is 1.03 bits per heavy atom. The molecule has 0 atom stereocenters. The molecule has 1 heterocycles. The van der Waals surface area contributed by atoms with Crippen molar-refractivity contribution in [2.45, 2.75) is 31.6 Å². The molecule has 1 amide bonds. The van der Waals surface area contributed by atoms with Crippen molar-refractivity contribution in [2.24, 2.45) is 0 Å². The van der Waals surface area contributed by atoms with E-state index in [1.54, 1.807) is 23.1 Å². The number of nitrogens with zero attached hydrogens (tertiary/aromatic N) is 3. The number of aromatic nitrogens is 1. The highest BCUT2D eigenvalue weighted by Gasteiger charge is 2.19. The van der Waals surface area contributed by atoms with Crippen LogP contribution >= 0.6 is 23.1 Å². The normalized spacial score (nSPS) is 11.3. The lowest BCUT2D eigenvalue weighted by atomic mass is 10.2. The third kappa shape index (κ3) is 6.29. The number of rotatable bonds is 9. The fourth-order valence-corrected chi connectivity index (χ4v) is 4.98. The van der Waals surface area contributed by atoms with Crippen LogP contribution in [-0.2, 0) is 4.79 Å². The molecule has 154 valence electrons. The van der Waals surface area contributed by atoms with Gasteiger partial charge in [0.2, 0.25) is 5.91 Å². The Balaban J connectivity index is 1.69. The quantitative estimate of drug-likeness (QED) is 0.430. The van der Waals surface area contributed by atoms with Gasteiger partial charge in [-0.15, -0.1) is 11.8 Å². The second kappa shape index (κ2) is 10.2. The number of carbonyl (C=O) groups is 1. The Morgan fingerprint density at radius 3 is 2.48 bits per heavy atom. The predicted octanol–water partition coefficient (Wildman–Crippen LogP) is 5.38. The summed E-state index contributed by atoms with van der Waals surface area (Å²) < 4.78 is 1.14. The van der Waals surface area contributed by atoms with Crippen LogP contribution < -0.4 is 4.90 Å². The molecular weight excluding hydrogens is 398 g/mol. The minimum Gasteiger partial charge on any atom is -0.309 e. The maximum absolute atomic E-state index is 13.1. The van der Waals surface area contributed by atoms with Gasteiger partial charge in [0, 0.05) is 23.6 Å².